The van der Waals surface area contributed by atoms with E-state index in [2.05, 4.69) is 4.18 Å². The molecule has 0 amide bonds. The van der Waals surface area contributed by atoms with E-state index in [1.807, 2.05) is 0 Å². The van der Waals surface area contributed by atoms with Crippen LogP contribution in [0.1, 0.15) is 0 Å². The van der Waals surface area contributed by atoms with Crippen LogP contribution in [0.5, 0.6) is 5.75 Å². The Morgan fingerprint density at radius 2 is 1.58 bits per heavy atom. The minimum absolute atomic E-state index is 0.282. The van der Waals surface area contributed by atoms with Crippen molar-refractivity contribution in [3.63, 3.8) is 0 Å². The van der Waals surface area contributed by atoms with Crippen LogP contribution in [0.2, 0.25) is 0 Å². The molecule has 8 heteroatoms. The highest BCUT2D eigenvalue weighted by molar-refractivity contribution is 14.1. The van der Waals surface area contributed by atoms with Crippen LogP contribution in [0.15, 0.2) is 36.4 Å². The van der Waals surface area contributed by atoms with Crippen molar-refractivity contribution in [1.82, 2.24) is 0 Å². The van der Waals surface area contributed by atoms with Gasteiger partial charge in [0.1, 0.15) is 0 Å². The molecule has 0 aliphatic heterocycles. The van der Waals surface area contributed by atoms with Crippen LogP contribution in [0.3, 0.4) is 0 Å². The van der Waals surface area contributed by atoms with Gasteiger partial charge in [-0.2, -0.15) is 21.6 Å². The summed E-state index contributed by atoms with van der Waals surface area (Å²) in [5, 5.41) is 1.37. The monoisotopic (exact) mass is 402 g/mol. The fourth-order valence-electron chi connectivity index (χ4n) is 1.42. The first-order valence-electron chi connectivity index (χ1n) is 4.90. The van der Waals surface area contributed by atoms with Crippen LogP contribution in [0, 0.1) is 3.57 Å². The molecule has 19 heavy (non-hydrogen) atoms. The zero-order valence-corrected chi connectivity index (χ0v) is 12.1. The lowest BCUT2D eigenvalue weighted by Crippen LogP contribution is -2.28. The third kappa shape index (κ3) is 2.94. The van der Waals surface area contributed by atoms with Gasteiger partial charge in [-0.05, 0) is 45.5 Å². The molecule has 2 aromatic rings. The van der Waals surface area contributed by atoms with Crippen molar-refractivity contribution in [2.24, 2.45) is 0 Å². The normalized spacial score (nSPS) is 12.6. The smallest absolute Gasteiger partial charge is 0.375 e. The summed E-state index contributed by atoms with van der Waals surface area (Å²) in [7, 11) is -5.65. The van der Waals surface area contributed by atoms with E-state index in [1.165, 1.54) is 6.07 Å². The molecule has 2 rings (SSSR count). The SMILES string of the molecule is O=S(=O)(Oc1cc2ccccc2cc1I)C(F)(F)F. The van der Waals surface area contributed by atoms with Crippen LogP contribution in [-0.2, 0) is 10.1 Å². The first kappa shape index (κ1) is 14.4. The van der Waals surface area contributed by atoms with Gasteiger partial charge in [0.05, 0.1) is 3.57 Å². The number of halogens is 4. The van der Waals surface area contributed by atoms with Crippen molar-refractivity contribution < 1.29 is 25.8 Å². The van der Waals surface area contributed by atoms with Gasteiger partial charge < -0.3 is 4.18 Å². The highest BCUT2D eigenvalue weighted by Gasteiger charge is 2.48. The van der Waals surface area contributed by atoms with E-state index in [0.717, 1.165) is 5.39 Å². The van der Waals surface area contributed by atoms with Crippen LogP contribution < -0.4 is 4.18 Å². The number of fused-ring (bicyclic) bond motifs is 1. The lowest BCUT2D eigenvalue weighted by atomic mass is 10.1. The number of alkyl halides is 3. The van der Waals surface area contributed by atoms with Crippen molar-refractivity contribution in [2.75, 3.05) is 0 Å². The maximum absolute atomic E-state index is 12.2. The van der Waals surface area contributed by atoms with E-state index in [-0.39, 0.29) is 9.32 Å². The largest absolute Gasteiger partial charge is 0.534 e. The Kier molecular flexibility index (Phi) is 3.65. The molecule has 102 valence electrons. The first-order chi connectivity index (χ1) is 8.71. The van der Waals surface area contributed by atoms with Crippen LogP contribution in [0.4, 0.5) is 13.2 Å². The number of hydrogen-bond donors (Lipinski definition) is 0. The summed E-state index contributed by atoms with van der Waals surface area (Å²) in [5.41, 5.74) is -5.44. The minimum Gasteiger partial charge on any atom is -0.375 e. The molecule has 3 nitrogen and oxygen atoms in total. The second kappa shape index (κ2) is 4.82. The summed E-state index contributed by atoms with van der Waals surface area (Å²) in [4.78, 5) is 0. The predicted molar refractivity (Wildman–Crippen MR) is 72.3 cm³/mol. The standard InChI is InChI=1S/C11H6F3IO3S/c12-11(13,14)19(16,17)18-10-6-8-4-2-1-3-7(8)5-9(10)15/h1-6H. The molecule has 0 radical (unpaired) electrons. The highest BCUT2D eigenvalue weighted by Crippen LogP contribution is 2.32. The Bertz CT molecular complexity index is 726. The number of rotatable bonds is 2. The molecule has 0 saturated carbocycles. The van der Waals surface area contributed by atoms with Crippen molar-refractivity contribution in [2.45, 2.75) is 5.51 Å². The van der Waals surface area contributed by atoms with E-state index in [9.17, 15) is 21.6 Å². The average Bonchev–Trinajstić information content (AvgIpc) is 2.28. The first-order valence-corrected chi connectivity index (χ1v) is 7.38. The van der Waals surface area contributed by atoms with Crippen molar-refractivity contribution in [1.29, 1.82) is 0 Å². The second-order valence-electron chi connectivity index (χ2n) is 3.61. The van der Waals surface area contributed by atoms with Gasteiger partial charge in [-0.3, -0.25) is 0 Å². The van der Waals surface area contributed by atoms with Gasteiger partial charge in [-0.15, -0.1) is 0 Å². The lowest BCUT2D eigenvalue weighted by Gasteiger charge is -2.11. The van der Waals surface area contributed by atoms with Gasteiger partial charge in [0.15, 0.2) is 5.75 Å². The molecule has 0 spiro atoms. The predicted octanol–water partition coefficient (Wildman–Crippen LogP) is 3.67. The average molecular weight is 402 g/mol. The Morgan fingerprint density at radius 1 is 1.05 bits per heavy atom. The zero-order valence-electron chi connectivity index (χ0n) is 9.11. The Morgan fingerprint density at radius 3 is 2.11 bits per heavy atom. The molecule has 0 atom stereocenters. The molecule has 0 fully saturated rings. The number of hydrogen-bond acceptors (Lipinski definition) is 3. The molecule has 0 heterocycles. The van der Waals surface area contributed by atoms with E-state index < -0.39 is 15.6 Å². The molecule has 0 bridgehead atoms. The maximum atomic E-state index is 12.2. The van der Waals surface area contributed by atoms with E-state index in [0.29, 0.717) is 5.39 Å². The van der Waals surface area contributed by atoms with Crippen LogP contribution in [-0.4, -0.2) is 13.9 Å². The fraction of sp³-hybridized carbons (Fsp3) is 0.0909. The van der Waals surface area contributed by atoms with Gasteiger partial charge in [-0.1, -0.05) is 24.3 Å². The van der Waals surface area contributed by atoms with E-state index in [1.54, 1.807) is 52.9 Å². The molecule has 0 aliphatic rings. The molecule has 0 saturated heterocycles. The Labute approximate surface area is 120 Å². The molecular formula is C11H6F3IO3S. The molecular weight excluding hydrogens is 396 g/mol. The zero-order chi connectivity index (χ0) is 14.3. The van der Waals surface area contributed by atoms with Gasteiger partial charge >= 0.3 is 15.6 Å². The summed E-state index contributed by atoms with van der Waals surface area (Å²) in [5.74, 6) is -0.336. The third-order valence-corrected chi connectivity index (χ3v) is 4.09. The lowest BCUT2D eigenvalue weighted by molar-refractivity contribution is -0.0500. The van der Waals surface area contributed by atoms with E-state index >= 15 is 0 Å². The highest BCUT2D eigenvalue weighted by atomic mass is 127. The quantitative estimate of drug-likeness (QED) is 0.438. The molecule has 0 aromatic heterocycles. The van der Waals surface area contributed by atoms with E-state index in [4.69, 9.17) is 0 Å². The maximum Gasteiger partial charge on any atom is 0.534 e. The molecule has 0 unspecified atom stereocenters. The third-order valence-electron chi connectivity index (χ3n) is 2.28. The summed E-state index contributed by atoms with van der Waals surface area (Å²) in [6, 6.07) is 9.69. The molecule has 0 N–H and O–H groups in total. The van der Waals surface area contributed by atoms with Crippen molar-refractivity contribution in [3.05, 3.63) is 40.0 Å². The Balaban J connectivity index is 2.50. The summed E-state index contributed by atoms with van der Waals surface area (Å²) >= 11 is 1.72. The van der Waals surface area contributed by atoms with Crippen molar-refractivity contribution in [3.8, 4) is 5.75 Å². The Hall–Kier alpha value is -1.03. The number of benzene rings is 2. The molecule has 0 aliphatic carbocycles. The van der Waals surface area contributed by atoms with Gasteiger partial charge in [0.2, 0.25) is 0 Å². The minimum atomic E-state index is -5.65. The van der Waals surface area contributed by atoms with Crippen LogP contribution in [0.25, 0.3) is 10.8 Å². The van der Waals surface area contributed by atoms with Crippen LogP contribution >= 0.6 is 22.6 Å². The van der Waals surface area contributed by atoms with Gasteiger partial charge in [-0.25, -0.2) is 0 Å². The summed E-state index contributed by atoms with van der Waals surface area (Å²) in [6.07, 6.45) is 0. The second-order valence-corrected chi connectivity index (χ2v) is 6.31. The summed E-state index contributed by atoms with van der Waals surface area (Å²) < 4.78 is 63.1. The van der Waals surface area contributed by atoms with Gasteiger partial charge in [0.25, 0.3) is 0 Å². The topological polar surface area (TPSA) is 43.4 Å². The summed E-state index contributed by atoms with van der Waals surface area (Å²) in [6.45, 7) is 0. The van der Waals surface area contributed by atoms with Gasteiger partial charge in [0, 0.05) is 0 Å². The molecule has 2 aromatic carbocycles. The fourth-order valence-corrected chi connectivity index (χ4v) is 2.64. The van der Waals surface area contributed by atoms with Crippen molar-refractivity contribution >= 4 is 43.5 Å².